The molecule has 1 aromatic heterocycles. The van der Waals surface area contributed by atoms with E-state index in [2.05, 4.69) is 5.16 Å². The summed E-state index contributed by atoms with van der Waals surface area (Å²) >= 11 is 0. The highest BCUT2D eigenvalue weighted by Gasteiger charge is 2.30. The van der Waals surface area contributed by atoms with Gasteiger partial charge in [0.05, 0.1) is 17.7 Å². The van der Waals surface area contributed by atoms with Crippen molar-refractivity contribution in [2.24, 2.45) is 0 Å². The Morgan fingerprint density at radius 2 is 1.85 bits per heavy atom. The van der Waals surface area contributed by atoms with Gasteiger partial charge in [0.15, 0.2) is 11.5 Å². The van der Waals surface area contributed by atoms with Crippen molar-refractivity contribution in [2.45, 2.75) is 12.8 Å². The van der Waals surface area contributed by atoms with Crippen molar-refractivity contribution in [3.8, 4) is 11.3 Å². The molecule has 20 heavy (non-hydrogen) atoms. The lowest BCUT2D eigenvalue weighted by molar-refractivity contribution is -0.137. The summed E-state index contributed by atoms with van der Waals surface area (Å²) in [5.41, 5.74) is -1.20. The van der Waals surface area contributed by atoms with Crippen molar-refractivity contribution in [2.75, 3.05) is 0 Å². The molecule has 0 saturated heterocycles. The van der Waals surface area contributed by atoms with Crippen LogP contribution in [0.2, 0.25) is 0 Å². The van der Waals surface area contributed by atoms with Crippen LogP contribution in [0.3, 0.4) is 0 Å². The average molecular weight is 287 g/mol. The van der Waals surface area contributed by atoms with Crippen molar-refractivity contribution in [1.82, 2.24) is 5.16 Å². The minimum atomic E-state index is -4.47. The second-order valence-electron chi connectivity index (χ2n) is 3.88. The summed E-state index contributed by atoms with van der Waals surface area (Å²) in [4.78, 5) is 10.8. The third-order valence-corrected chi connectivity index (χ3v) is 2.62. The Morgan fingerprint density at radius 3 is 2.30 bits per heavy atom. The molecule has 0 spiro atoms. The molecule has 0 aliphatic carbocycles. The van der Waals surface area contributed by atoms with Crippen LogP contribution in [0.1, 0.15) is 21.6 Å². The Kier molecular flexibility index (Phi) is 3.49. The fourth-order valence-corrected chi connectivity index (χ4v) is 1.66. The largest absolute Gasteiger partial charge is 0.476 e. The summed E-state index contributed by atoms with van der Waals surface area (Å²) in [5, 5.41) is 21.2. The van der Waals surface area contributed by atoms with E-state index in [0.29, 0.717) is 0 Å². The number of halogens is 3. The van der Waals surface area contributed by atoms with Crippen LogP contribution in [0.4, 0.5) is 13.2 Å². The van der Waals surface area contributed by atoms with Gasteiger partial charge in [0.1, 0.15) is 0 Å². The first-order valence-electron chi connectivity index (χ1n) is 5.35. The summed E-state index contributed by atoms with van der Waals surface area (Å²) in [6, 6.07) is 3.90. The Hall–Kier alpha value is -2.35. The molecule has 0 aliphatic heterocycles. The first-order valence-corrected chi connectivity index (χ1v) is 5.35. The average Bonchev–Trinajstić information content (AvgIpc) is 2.81. The van der Waals surface area contributed by atoms with Crippen molar-refractivity contribution in [3.05, 3.63) is 41.1 Å². The van der Waals surface area contributed by atoms with Gasteiger partial charge in [-0.2, -0.15) is 13.2 Å². The third-order valence-electron chi connectivity index (χ3n) is 2.62. The summed E-state index contributed by atoms with van der Waals surface area (Å²) in [5.74, 6) is -1.46. The van der Waals surface area contributed by atoms with Crippen molar-refractivity contribution < 1.29 is 32.7 Å². The number of aliphatic hydroxyl groups excluding tert-OH is 1. The smallest absolute Gasteiger partial charge is 0.416 e. The lowest BCUT2D eigenvalue weighted by Crippen LogP contribution is -2.04. The quantitative estimate of drug-likeness (QED) is 0.906. The molecule has 0 atom stereocenters. The molecule has 0 bridgehead atoms. The molecule has 0 aliphatic rings. The number of carboxylic acids is 1. The van der Waals surface area contributed by atoms with Gasteiger partial charge in [-0.15, -0.1) is 0 Å². The van der Waals surface area contributed by atoms with Crippen LogP contribution in [0, 0.1) is 0 Å². The van der Waals surface area contributed by atoms with Gasteiger partial charge in [0, 0.05) is 5.56 Å². The summed E-state index contributed by atoms with van der Waals surface area (Å²) in [6.07, 6.45) is -4.47. The number of nitrogens with zero attached hydrogens (tertiary/aromatic N) is 1. The zero-order chi connectivity index (χ0) is 14.9. The van der Waals surface area contributed by atoms with Gasteiger partial charge in [0.2, 0.25) is 0 Å². The van der Waals surface area contributed by atoms with Gasteiger partial charge in [-0.1, -0.05) is 17.3 Å². The molecular weight excluding hydrogens is 279 g/mol. The van der Waals surface area contributed by atoms with E-state index in [1.165, 1.54) is 0 Å². The van der Waals surface area contributed by atoms with Crippen LogP contribution in [-0.4, -0.2) is 21.3 Å². The topological polar surface area (TPSA) is 83.6 Å². The molecule has 0 fully saturated rings. The van der Waals surface area contributed by atoms with E-state index in [4.69, 9.17) is 14.7 Å². The molecule has 2 N–H and O–H groups in total. The van der Waals surface area contributed by atoms with Gasteiger partial charge in [-0.05, 0) is 12.1 Å². The van der Waals surface area contributed by atoms with E-state index < -0.39 is 30.0 Å². The number of carbonyl (C=O) groups is 1. The van der Waals surface area contributed by atoms with E-state index in [-0.39, 0.29) is 16.9 Å². The van der Waals surface area contributed by atoms with Crippen LogP contribution < -0.4 is 0 Å². The molecule has 2 rings (SSSR count). The van der Waals surface area contributed by atoms with Crippen LogP contribution in [0.25, 0.3) is 11.3 Å². The van der Waals surface area contributed by atoms with E-state index >= 15 is 0 Å². The number of benzene rings is 1. The fraction of sp³-hybridized carbons (Fsp3) is 0.167. The number of rotatable bonds is 3. The molecular formula is C12H8F3NO4. The zero-order valence-corrected chi connectivity index (χ0v) is 9.81. The highest BCUT2D eigenvalue weighted by molar-refractivity contribution is 5.89. The fourth-order valence-electron chi connectivity index (χ4n) is 1.66. The number of carboxylic acid groups (broad SMARTS) is 1. The van der Waals surface area contributed by atoms with Crippen molar-refractivity contribution >= 4 is 5.97 Å². The molecule has 106 valence electrons. The second-order valence-corrected chi connectivity index (χ2v) is 3.88. The lowest BCUT2D eigenvalue weighted by atomic mass is 10.1. The molecule has 0 unspecified atom stereocenters. The monoisotopic (exact) mass is 287 g/mol. The van der Waals surface area contributed by atoms with E-state index in [1.54, 1.807) is 0 Å². The predicted molar refractivity (Wildman–Crippen MR) is 59.8 cm³/mol. The molecule has 0 radical (unpaired) electrons. The first kappa shape index (κ1) is 14.1. The van der Waals surface area contributed by atoms with Crippen LogP contribution in [0.15, 0.2) is 28.8 Å². The minimum absolute atomic E-state index is 0.0707. The molecule has 1 aromatic carbocycles. The molecule has 2 aromatic rings. The number of aromatic nitrogens is 1. The Labute approximate surface area is 110 Å². The summed E-state index contributed by atoms with van der Waals surface area (Å²) < 4.78 is 42.1. The van der Waals surface area contributed by atoms with Crippen LogP contribution in [-0.2, 0) is 12.8 Å². The van der Waals surface area contributed by atoms with Crippen LogP contribution in [0.5, 0.6) is 0 Å². The Balaban J connectivity index is 2.45. The third kappa shape index (κ3) is 2.50. The van der Waals surface area contributed by atoms with Crippen molar-refractivity contribution in [1.29, 1.82) is 0 Å². The number of aromatic carboxylic acids is 1. The minimum Gasteiger partial charge on any atom is -0.476 e. The SMILES string of the molecule is O=C(O)c1noc(-c2ccc(C(F)(F)F)cc2)c1CO. The van der Waals surface area contributed by atoms with Gasteiger partial charge in [-0.3, -0.25) is 0 Å². The van der Waals surface area contributed by atoms with Gasteiger partial charge < -0.3 is 14.7 Å². The molecule has 1 heterocycles. The van der Waals surface area contributed by atoms with E-state index in [0.717, 1.165) is 24.3 Å². The number of hydrogen-bond acceptors (Lipinski definition) is 4. The second kappa shape index (κ2) is 4.97. The zero-order valence-electron chi connectivity index (χ0n) is 9.81. The van der Waals surface area contributed by atoms with Gasteiger partial charge in [-0.25, -0.2) is 4.79 Å². The number of hydrogen-bond donors (Lipinski definition) is 2. The maximum atomic E-state index is 12.4. The Bertz CT molecular complexity index is 631. The van der Waals surface area contributed by atoms with Gasteiger partial charge >= 0.3 is 12.1 Å². The lowest BCUT2D eigenvalue weighted by Gasteiger charge is -2.06. The molecule has 8 heteroatoms. The molecule has 5 nitrogen and oxygen atoms in total. The highest BCUT2D eigenvalue weighted by Crippen LogP contribution is 2.32. The summed E-state index contributed by atoms with van der Waals surface area (Å²) in [6.45, 7) is -0.651. The maximum Gasteiger partial charge on any atom is 0.416 e. The highest BCUT2D eigenvalue weighted by atomic mass is 19.4. The molecule has 0 saturated carbocycles. The first-order chi connectivity index (χ1) is 9.34. The predicted octanol–water partition coefficient (Wildman–Crippen LogP) is 2.55. The van der Waals surface area contributed by atoms with Gasteiger partial charge in [0.25, 0.3) is 0 Å². The number of aliphatic hydroxyl groups is 1. The summed E-state index contributed by atoms with van der Waals surface area (Å²) in [7, 11) is 0. The van der Waals surface area contributed by atoms with Crippen LogP contribution >= 0.6 is 0 Å². The maximum absolute atomic E-state index is 12.4. The Morgan fingerprint density at radius 1 is 1.25 bits per heavy atom. The number of alkyl halides is 3. The van der Waals surface area contributed by atoms with E-state index in [1.807, 2.05) is 0 Å². The van der Waals surface area contributed by atoms with Crippen molar-refractivity contribution in [3.63, 3.8) is 0 Å². The van der Waals surface area contributed by atoms with E-state index in [9.17, 15) is 18.0 Å². The normalized spacial score (nSPS) is 11.6. The molecule has 0 amide bonds. The standard InChI is InChI=1S/C12H8F3NO4/c13-12(14,15)7-3-1-6(2-4-7)10-8(5-17)9(11(18)19)16-20-10/h1-4,17H,5H2,(H,18,19).